The number of rotatable bonds is 7. The average molecular weight is 414 g/mol. The van der Waals surface area contributed by atoms with Crippen LogP contribution in [0.2, 0.25) is 0 Å². The molecule has 2 aromatic carbocycles. The van der Waals surface area contributed by atoms with Gasteiger partial charge in [-0.25, -0.2) is 9.59 Å². The van der Waals surface area contributed by atoms with Crippen LogP contribution in [0.1, 0.15) is 27.6 Å². The van der Waals surface area contributed by atoms with Crippen molar-refractivity contribution in [2.75, 3.05) is 13.7 Å². The molecule has 2 aromatic rings. The molecule has 0 aliphatic carbocycles. The number of hydrogen-bond donors (Lipinski definition) is 0. The fraction of sp³-hybridized carbons (Fsp3) is 0.318. The van der Waals surface area contributed by atoms with Crippen molar-refractivity contribution in [3.63, 3.8) is 0 Å². The van der Waals surface area contributed by atoms with E-state index in [4.69, 9.17) is 23.7 Å². The first kappa shape index (κ1) is 21.5. The van der Waals surface area contributed by atoms with Crippen molar-refractivity contribution in [1.29, 1.82) is 0 Å². The highest BCUT2D eigenvalue weighted by Crippen LogP contribution is 2.29. The average Bonchev–Trinajstić information content (AvgIpc) is 3.04. The van der Waals surface area contributed by atoms with Gasteiger partial charge in [-0.1, -0.05) is 36.4 Å². The Morgan fingerprint density at radius 3 is 1.77 bits per heavy atom. The zero-order valence-corrected chi connectivity index (χ0v) is 16.6. The molecule has 0 spiro atoms. The van der Waals surface area contributed by atoms with Gasteiger partial charge in [0.1, 0.15) is 6.10 Å². The van der Waals surface area contributed by atoms with E-state index >= 15 is 0 Å². The lowest BCUT2D eigenvalue weighted by atomic mass is 10.1. The van der Waals surface area contributed by atoms with E-state index in [1.54, 1.807) is 60.7 Å². The van der Waals surface area contributed by atoms with Crippen molar-refractivity contribution in [1.82, 2.24) is 0 Å². The molecule has 0 radical (unpaired) electrons. The van der Waals surface area contributed by atoms with Gasteiger partial charge in [0.25, 0.3) is 0 Å². The number of hydrogen-bond acceptors (Lipinski definition) is 8. The Bertz CT molecular complexity index is 867. The van der Waals surface area contributed by atoms with Crippen molar-refractivity contribution in [3.8, 4) is 0 Å². The highest BCUT2D eigenvalue weighted by Gasteiger charge is 2.51. The second-order valence-electron chi connectivity index (χ2n) is 6.58. The summed E-state index contributed by atoms with van der Waals surface area (Å²) in [5.74, 6) is -1.93. The van der Waals surface area contributed by atoms with E-state index in [0.29, 0.717) is 11.1 Å². The van der Waals surface area contributed by atoms with E-state index in [2.05, 4.69) is 0 Å². The van der Waals surface area contributed by atoms with E-state index < -0.39 is 42.5 Å². The Labute approximate surface area is 173 Å². The molecule has 1 fully saturated rings. The molecule has 158 valence electrons. The van der Waals surface area contributed by atoms with Gasteiger partial charge in [0.05, 0.1) is 17.7 Å². The smallest absolute Gasteiger partial charge is 0.338 e. The summed E-state index contributed by atoms with van der Waals surface area (Å²) in [6.07, 6.45) is -4.27. The number of ether oxygens (including phenoxy) is 5. The Balaban J connectivity index is 1.85. The number of esters is 3. The number of carbonyl (C=O) groups excluding carboxylic acids is 3. The minimum Gasteiger partial charge on any atom is -0.452 e. The summed E-state index contributed by atoms with van der Waals surface area (Å²) in [5.41, 5.74) is 0.611. The zero-order chi connectivity index (χ0) is 21.5. The largest absolute Gasteiger partial charge is 0.452 e. The van der Waals surface area contributed by atoms with Crippen LogP contribution in [0.4, 0.5) is 0 Å². The molecule has 3 rings (SSSR count). The van der Waals surface area contributed by atoms with Crippen LogP contribution in [0.15, 0.2) is 60.7 Å². The predicted molar refractivity (Wildman–Crippen MR) is 104 cm³/mol. The van der Waals surface area contributed by atoms with Gasteiger partial charge in [-0.3, -0.25) is 4.79 Å². The monoisotopic (exact) mass is 414 g/mol. The maximum Gasteiger partial charge on any atom is 0.338 e. The van der Waals surface area contributed by atoms with Crippen LogP contribution in [0, 0.1) is 0 Å². The van der Waals surface area contributed by atoms with Crippen molar-refractivity contribution < 1.29 is 38.1 Å². The SMILES string of the molecule is COC[C@@H]1O[C@H](OC(C)=O)[C@H](OC(=O)c2ccccc2)[C@@H]1OC(=O)c1ccccc1. The Hall–Kier alpha value is -3.23. The van der Waals surface area contributed by atoms with E-state index in [1.807, 2.05) is 0 Å². The van der Waals surface area contributed by atoms with E-state index in [1.165, 1.54) is 14.0 Å². The van der Waals surface area contributed by atoms with Crippen LogP contribution < -0.4 is 0 Å². The lowest BCUT2D eigenvalue weighted by Crippen LogP contribution is -2.42. The Kier molecular flexibility index (Phi) is 7.16. The van der Waals surface area contributed by atoms with Gasteiger partial charge in [0.2, 0.25) is 12.4 Å². The second kappa shape index (κ2) is 10.00. The molecule has 30 heavy (non-hydrogen) atoms. The third kappa shape index (κ3) is 5.22. The molecule has 8 nitrogen and oxygen atoms in total. The van der Waals surface area contributed by atoms with Gasteiger partial charge < -0.3 is 23.7 Å². The topological polar surface area (TPSA) is 97.4 Å². The molecule has 4 atom stereocenters. The molecule has 0 unspecified atom stereocenters. The van der Waals surface area contributed by atoms with Crippen LogP contribution in [0.5, 0.6) is 0 Å². The molecule has 1 aliphatic heterocycles. The highest BCUT2D eigenvalue weighted by atomic mass is 16.8. The molecule has 1 saturated heterocycles. The van der Waals surface area contributed by atoms with Crippen molar-refractivity contribution in [2.24, 2.45) is 0 Å². The first-order chi connectivity index (χ1) is 14.5. The molecule has 1 aliphatic rings. The van der Waals surface area contributed by atoms with Crippen LogP contribution in [0.3, 0.4) is 0 Å². The van der Waals surface area contributed by atoms with Crippen molar-refractivity contribution in [2.45, 2.75) is 31.5 Å². The van der Waals surface area contributed by atoms with Gasteiger partial charge in [-0.05, 0) is 24.3 Å². The van der Waals surface area contributed by atoms with Crippen LogP contribution in [0.25, 0.3) is 0 Å². The quantitative estimate of drug-likeness (QED) is 0.503. The lowest BCUT2D eigenvalue weighted by Gasteiger charge is -2.23. The maximum atomic E-state index is 12.6. The summed E-state index contributed by atoms with van der Waals surface area (Å²) >= 11 is 0. The van der Waals surface area contributed by atoms with Gasteiger partial charge in [-0.2, -0.15) is 0 Å². The van der Waals surface area contributed by atoms with Gasteiger partial charge >= 0.3 is 17.9 Å². The summed E-state index contributed by atoms with van der Waals surface area (Å²) < 4.78 is 27.2. The fourth-order valence-corrected chi connectivity index (χ4v) is 3.05. The number of benzene rings is 2. The highest BCUT2D eigenvalue weighted by molar-refractivity contribution is 5.90. The second-order valence-corrected chi connectivity index (χ2v) is 6.58. The fourth-order valence-electron chi connectivity index (χ4n) is 3.05. The van der Waals surface area contributed by atoms with E-state index in [9.17, 15) is 14.4 Å². The van der Waals surface area contributed by atoms with Gasteiger partial charge in [-0.15, -0.1) is 0 Å². The van der Waals surface area contributed by atoms with E-state index in [-0.39, 0.29) is 6.61 Å². The number of carbonyl (C=O) groups is 3. The zero-order valence-electron chi connectivity index (χ0n) is 16.6. The summed E-state index contributed by atoms with van der Waals surface area (Å²) in [5, 5.41) is 0. The van der Waals surface area contributed by atoms with Crippen LogP contribution >= 0.6 is 0 Å². The molecule has 8 heteroatoms. The molecule has 1 heterocycles. The minimum absolute atomic E-state index is 0.0316. The third-order valence-electron chi connectivity index (χ3n) is 4.39. The molecule has 0 aromatic heterocycles. The Morgan fingerprint density at radius 2 is 1.30 bits per heavy atom. The predicted octanol–water partition coefficient (Wildman–Crippen LogP) is 2.37. The molecule has 0 N–H and O–H groups in total. The van der Waals surface area contributed by atoms with Crippen molar-refractivity contribution in [3.05, 3.63) is 71.8 Å². The molecular formula is C22H22O8. The van der Waals surface area contributed by atoms with Crippen LogP contribution in [-0.2, 0) is 28.5 Å². The van der Waals surface area contributed by atoms with Crippen molar-refractivity contribution >= 4 is 17.9 Å². The summed E-state index contributed by atoms with van der Waals surface area (Å²) in [7, 11) is 1.45. The lowest BCUT2D eigenvalue weighted by molar-refractivity contribution is -0.188. The molecule has 0 bridgehead atoms. The minimum atomic E-state index is -1.25. The summed E-state index contributed by atoms with van der Waals surface area (Å²) in [6, 6.07) is 16.6. The third-order valence-corrected chi connectivity index (χ3v) is 4.39. The standard InChI is InChI=1S/C22H22O8/c1-14(23)27-22-19(30-21(25)16-11-7-4-8-12-16)18(17(28-22)13-26-2)29-20(24)15-9-5-3-6-10-15/h3-12,17-19,22H,13H2,1-2H3/t17-,18+,19+,22-/m0/s1. The first-order valence-corrected chi connectivity index (χ1v) is 9.33. The summed E-state index contributed by atoms with van der Waals surface area (Å²) in [6.45, 7) is 1.23. The van der Waals surface area contributed by atoms with Crippen LogP contribution in [-0.4, -0.2) is 56.2 Å². The summed E-state index contributed by atoms with van der Waals surface area (Å²) in [4.78, 5) is 36.8. The van der Waals surface area contributed by atoms with Gasteiger partial charge in [0, 0.05) is 14.0 Å². The normalized spacial score (nSPS) is 22.9. The Morgan fingerprint density at radius 1 is 0.800 bits per heavy atom. The molecular weight excluding hydrogens is 392 g/mol. The van der Waals surface area contributed by atoms with E-state index in [0.717, 1.165) is 0 Å². The molecule has 0 saturated carbocycles. The number of methoxy groups -OCH3 is 1. The van der Waals surface area contributed by atoms with Gasteiger partial charge in [0.15, 0.2) is 6.10 Å². The maximum absolute atomic E-state index is 12.6. The first-order valence-electron chi connectivity index (χ1n) is 9.33. The molecule has 0 amide bonds.